The summed E-state index contributed by atoms with van der Waals surface area (Å²) in [6.45, 7) is -2.17. The first-order valence-electron chi connectivity index (χ1n) is 8.12. The average molecular weight is 470 g/mol. The second-order valence-electron chi connectivity index (χ2n) is 6.16. The number of para-hydroxylation sites is 1. The predicted octanol–water partition coefficient (Wildman–Crippen LogP) is 1.42. The number of H-pyrrole nitrogens is 1. The van der Waals surface area contributed by atoms with E-state index in [2.05, 4.69) is 14.6 Å². The number of rotatable bonds is 6. The lowest BCUT2D eigenvalue weighted by Gasteiger charge is -2.37. The lowest BCUT2D eigenvalue weighted by Crippen LogP contribution is -2.67. The van der Waals surface area contributed by atoms with E-state index in [1.54, 1.807) is 4.98 Å². The third-order valence-corrected chi connectivity index (χ3v) is 4.81. The van der Waals surface area contributed by atoms with Crippen LogP contribution in [-0.2, 0) is 20.3 Å². The second-order valence-corrected chi connectivity index (χ2v) is 6.53. The third-order valence-electron chi connectivity index (χ3n) is 4.45. The molecule has 0 unspecified atom stereocenters. The summed E-state index contributed by atoms with van der Waals surface area (Å²) in [5, 5.41) is 7.79. The largest absolute Gasteiger partial charge is 0.445 e. The predicted molar refractivity (Wildman–Crippen MR) is 93.0 cm³/mol. The molecule has 1 fully saturated rings. The highest BCUT2D eigenvalue weighted by molar-refractivity contribution is 7.80. The highest BCUT2D eigenvalue weighted by atomic mass is 32.1. The van der Waals surface area contributed by atoms with E-state index in [9.17, 15) is 23.7 Å². The summed E-state index contributed by atoms with van der Waals surface area (Å²) in [6, 6.07) is 7.24. The van der Waals surface area contributed by atoms with Crippen molar-refractivity contribution in [1.82, 2.24) is 9.55 Å². The van der Waals surface area contributed by atoms with Crippen LogP contribution in [0.4, 0.5) is 22.2 Å². The molecule has 168 valence electrons. The fourth-order valence-electron chi connectivity index (χ4n) is 2.97. The summed E-state index contributed by atoms with van der Waals surface area (Å²) in [6.07, 6.45) is 0.386. The number of alkyl halides is 3. The Morgan fingerprint density at radius 2 is 1.71 bits per heavy atom. The molecule has 31 heavy (non-hydrogen) atoms. The van der Waals surface area contributed by atoms with Gasteiger partial charge in [0, 0.05) is 12.3 Å². The van der Waals surface area contributed by atoms with Gasteiger partial charge in [0.2, 0.25) is 5.05 Å². The van der Waals surface area contributed by atoms with Gasteiger partial charge in [-0.2, -0.15) is 8.78 Å². The molecule has 2 heterocycles. The van der Waals surface area contributed by atoms with Crippen molar-refractivity contribution in [3.05, 3.63) is 63.4 Å². The van der Waals surface area contributed by atoms with Crippen LogP contribution in [0.25, 0.3) is 0 Å². The second kappa shape index (κ2) is 7.76. The van der Waals surface area contributed by atoms with Gasteiger partial charge in [0.1, 0.15) is 12.4 Å². The van der Waals surface area contributed by atoms with Crippen LogP contribution in [0, 0.1) is 0 Å². The van der Waals surface area contributed by atoms with Gasteiger partial charge in [0.15, 0.2) is 0 Å². The summed E-state index contributed by atoms with van der Waals surface area (Å²) in [5.74, 6) is -15.0. The normalized spacial score (nSPS) is 32.7. The number of aromatic amines is 1. The van der Waals surface area contributed by atoms with Gasteiger partial charge in [-0.25, -0.2) is 9.18 Å². The summed E-state index contributed by atoms with van der Waals surface area (Å²) < 4.78 is 82.1. The zero-order valence-corrected chi connectivity index (χ0v) is 15.7. The van der Waals surface area contributed by atoms with Crippen molar-refractivity contribution in [2.24, 2.45) is 0 Å². The molecule has 4 atom stereocenters. The van der Waals surface area contributed by atoms with E-state index < -0.39 is 46.2 Å². The number of nitrogens with zero attached hydrogens (tertiary/aromatic N) is 1. The molecular weight excluding hydrogens is 459 g/mol. The van der Waals surface area contributed by atoms with Crippen molar-refractivity contribution in [1.29, 1.82) is 0 Å². The summed E-state index contributed by atoms with van der Waals surface area (Å²) >= 11 is 4.82. The van der Waals surface area contributed by atoms with Crippen molar-refractivity contribution in [2.45, 2.75) is 23.3 Å². The Bertz CT molecular complexity index is 1100. The van der Waals surface area contributed by atoms with Gasteiger partial charge in [0.25, 0.3) is 11.3 Å². The van der Waals surface area contributed by atoms with Crippen LogP contribution in [0.1, 0.15) is 0 Å². The van der Waals surface area contributed by atoms with Crippen LogP contribution in [0.3, 0.4) is 0 Å². The SMILES string of the molecule is O=c1ccn([C@]2(C(=S)Oc3ccccc3)O[C@](F)(CO)[C@@](F)(OF)[C@@]2(F)OF)c(=O)[nH]1. The average Bonchev–Trinajstić information content (AvgIpc) is 2.92. The minimum atomic E-state index is -5.19. The fourth-order valence-corrected chi connectivity index (χ4v) is 3.34. The Kier molecular flexibility index (Phi) is 5.74. The van der Waals surface area contributed by atoms with Gasteiger partial charge < -0.3 is 9.84 Å². The molecule has 9 nitrogen and oxygen atoms in total. The number of thiocarbonyl (C=S) groups is 1. The molecule has 3 rings (SSSR count). The molecule has 1 aromatic heterocycles. The number of benzene rings is 1. The molecule has 1 aliphatic rings. The number of hydrogen-bond acceptors (Lipinski definition) is 8. The quantitative estimate of drug-likeness (QED) is 0.482. The molecule has 0 bridgehead atoms. The Balaban J connectivity index is 2.36. The van der Waals surface area contributed by atoms with Gasteiger partial charge in [-0.3, -0.25) is 19.1 Å². The molecule has 2 aromatic rings. The number of halogens is 5. The van der Waals surface area contributed by atoms with E-state index in [0.29, 0.717) is 12.3 Å². The van der Waals surface area contributed by atoms with Crippen molar-refractivity contribution < 1.29 is 46.7 Å². The third kappa shape index (κ3) is 3.00. The first-order chi connectivity index (χ1) is 14.5. The maximum atomic E-state index is 15.8. The van der Waals surface area contributed by atoms with E-state index in [1.807, 2.05) is 0 Å². The topological polar surface area (TPSA) is 112 Å². The van der Waals surface area contributed by atoms with E-state index in [-0.39, 0.29) is 10.3 Å². The highest BCUT2D eigenvalue weighted by Gasteiger charge is 2.91. The summed E-state index contributed by atoms with van der Waals surface area (Å²) in [7, 11) is 0. The molecule has 15 heteroatoms. The molecular formula is C16H11F5N2O7S. The maximum Gasteiger partial charge on any atom is 0.372 e. The van der Waals surface area contributed by atoms with Crippen LogP contribution in [-0.4, -0.2) is 43.9 Å². The number of aromatic nitrogens is 2. The van der Waals surface area contributed by atoms with Gasteiger partial charge in [0.05, 0.1) is 0 Å². The minimum Gasteiger partial charge on any atom is -0.445 e. The van der Waals surface area contributed by atoms with Gasteiger partial charge in [-0.1, -0.05) is 18.2 Å². The number of aliphatic hydroxyl groups excluding tert-OH is 1. The first-order valence-corrected chi connectivity index (χ1v) is 8.53. The van der Waals surface area contributed by atoms with Crippen LogP contribution < -0.4 is 16.0 Å². The van der Waals surface area contributed by atoms with Crippen molar-refractivity contribution in [2.75, 3.05) is 6.61 Å². The summed E-state index contributed by atoms with van der Waals surface area (Å²) in [5.41, 5.74) is -6.67. The number of nitrogens with one attached hydrogen (secondary N) is 1. The van der Waals surface area contributed by atoms with Crippen LogP contribution in [0.15, 0.2) is 52.2 Å². The Morgan fingerprint density at radius 1 is 1.10 bits per heavy atom. The molecule has 0 spiro atoms. The van der Waals surface area contributed by atoms with Gasteiger partial charge in [-0.15, -0.1) is 9.88 Å². The monoisotopic (exact) mass is 470 g/mol. The first kappa shape index (κ1) is 23.0. The molecule has 2 N–H and O–H groups in total. The molecule has 0 radical (unpaired) electrons. The van der Waals surface area contributed by atoms with Crippen molar-refractivity contribution >= 4 is 17.3 Å². The van der Waals surface area contributed by atoms with Crippen LogP contribution >= 0.6 is 12.2 Å². The summed E-state index contributed by atoms with van der Waals surface area (Å²) in [4.78, 5) is 30.9. The molecule has 0 amide bonds. The van der Waals surface area contributed by atoms with E-state index >= 15 is 13.2 Å². The maximum absolute atomic E-state index is 15.8. The molecule has 0 aliphatic carbocycles. The molecule has 1 aliphatic heterocycles. The lowest BCUT2D eigenvalue weighted by molar-refractivity contribution is -0.458. The Hall–Kier alpha value is -2.72. The molecule has 0 saturated carbocycles. The zero-order valence-electron chi connectivity index (χ0n) is 14.9. The van der Waals surface area contributed by atoms with E-state index in [1.165, 1.54) is 30.3 Å². The number of ether oxygens (including phenoxy) is 2. The van der Waals surface area contributed by atoms with E-state index in [4.69, 9.17) is 17.0 Å². The van der Waals surface area contributed by atoms with E-state index in [0.717, 1.165) is 0 Å². The number of aliphatic hydroxyl groups is 1. The molecule has 1 saturated heterocycles. The Morgan fingerprint density at radius 3 is 2.23 bits per heavy atom. The lowest BCUT2D eigenvalue weighted by atomic mass is 9.96. The minimum absolute atomic E-state index is 0.163. The number of hydrogen-bond donors (Lipinski definition) is 2. The zero-order chi connectivity index (χ0) is 23.1. The Labute approximate surface area is 173 Å². The van der Waals surface area contributed by atoms with Gasteiger partial charge in [-0.05, 0) is 33.4 Å². The standard InChI is InChI=1S/C16H11F5N2O7S/c17-13(8-24)15(18,29-20)16(19,30-21)14(28-13,23-7-6-10(25)22-12(23)26)11(31)27-9-4-2-1-3-5-9/h1-7,24H,8H2,(H,22,25,26)/t13-,14-,15-,16+/m1/s1. The van der Waals surface area contributed by atoms with Crippen LogP contribution in [0.5, 0.6) is 5.75 Å². The van der Waals surface area contributed by atoms with Crippen molar-refractivity contribution in [3.63, 3.8) is 0 Å². The smallest absolute Gasteiger partial charge is 0.372 e. The van der Waals surface area contributed by atoms with Gasteiger partial charge >= 0.3 is 23.3 Å². The fraction of sp³-hybridized carbons (Fsp3) is 0.312. The molecule has 1 aromatic carbocycles. The van der Waals surface area contributed by atoms with Crippen LogP contribution in [0.2, 0.25) is 0 Å². The van der Waals surface area contributed by atoms with Crippen molar-refractivity contribution in [3.8, 4) is 5.75 Å². The highest BCUT2D eigenvalue weighted by Crippen LogP contribution is 2.61.